The van der Waals surface area contributed by atoms with Gasteiger partial charge in [-0.15, -0.1) is 11.3 Å². The van der Waals surface area contributed by atoms with Crippen LogP contribution in [-0.2, 0) is 9.53 Å². The minimum Gasteiger partial charge on any atom is -0.370 e. The summed E-state index contributed by atoms with van der Waals surface area (Å²) in [6.45, 7) is 0.159. The van der Waals surface area contributed by atoms with Crippen LogP contribution in [0.25, 0.3) is 0 Å². The highest BCUT2D eigenvalue weighted by atomic mass is 35.5. The van der Waals surface area contributed by atoms with Crippen molar-refractivity contribution in [1.82, 2.24) is 0 Å². The van der Waals surface area contributed by atoms with Gasteiger partial charge >= 0.3 is 0 Å². The van der Waals surface area contributed by atoms with Gasteiger partial charge in [-0.05, 0) is 12.1 Å². The van der Waals surface area contributed by atoms with Gasteiger partial charge in [-0.3, -0.25) is 4.79 Å². The van der Waals surface area contributed by atoms with E-state index in [0.717, 1.165) is 4.88 Å². The van der Waals surface area contributed by atoms with Crippen molar-refractivity contribution in [3.05, 3.63) is 21.3 Å². The van der Waals surface area contributed by atoms with E-state index < -0.39 is 5.91 Å². The molecular weight excluding hydrogens is 224 g/mol. The molecule has 1 heterocycles. The third-order valence-electron chi connectivity index (χ3n) is 1.50. The molecular formula is C8H11ClN2O2S. The van der Waals surface area contributed by atoms with Gasteiger partial charge in [0, 0.05) is 4.88 Å². The zero-order valence-corrected chi connectivity index (χ0v) is 8.98. The van der Waals surface area contributed by atoms with Gasteiger partial charge in [0.1, 0.15) is 6.61 Å². The molecule has 1 atom stereocenters. The molecule has 1 amide bonds. The highest BCUT2D eigenvalue weighted by Gasteiger charge is 2.09. The average Bonchev–Trinajstić information content (AvgIpc) is 2.51. The van der Waals surface area contributed by atoms with Gasteiger partial charge in [0.15, 0.2) is 0 Å². The molecule has 4 nitrogen and oxygen atoms in total. The van der Waals surface area contributed by atoms with Crippen LogP contribution in [0, 0.1) is 0 Å². The second-order valence-corrected chi connectivity index (χ2v) is 4.48. The van der Waals surface area contributed by atoms with E-state index in [1.807, 2.05) is 6.07 Å². The molecule has 0 spiro atoms. The Morgan fingerprint density at radius 2 is 2.36 bits per heavy atom. The molecule has 14 heavy (non-hydrogen) atoms. The molecule has 1 unspecified atom stereocenters. The summed E-state index contributed by atoms with van der Waals surface area (Å²) in [5.74, 6) is -0.499. The monoisotopic (exact) mass is 234 g/mol. The van der Waals surface area contributed by atoms with E-state index in [4.69, 9.17) is 27.8 Å². The second-order valence-electron chi connectivity index (χ2n) is 2.73. The van der Waals surface area contributed by atoms with Gasteiger partial charge < -0.3 is 16.2 Å². The number of carbonyl (C=O) groups is 1. The second kappa shape index (κ2) is 5.31. The van der Waals surface area contributed by atoms with Crippen molar-refractivity contribution < 1.29 is 9.53 Å². The molecule has 6 heteroatoms. The predicted octanol–water partition coefficient (Wildman–Crippen LogP) is 0.903. The largest absolute Gasteiger partial charge is 0.370 e. The van der Waals surface area contributed by atoms with E-state index >= 15 is 0 Å². The van der Waals surface area contributed by atoms with Crippen molar-refractivity contribution >= 4 is 28.8 Å². The first-order valence-electron chi connectivity index (χ1n) is 3.96. The van der Waals surface area contributed by atoms with E-state index in [2.05, 4.69) is 0 Å². The number of nitrogens with two attached hydrogens (primary N) is 2. The number of halogens is 1. The van der Waals surface area contributed by atoms with Crippen molar-refractivity contribution in [2.24, 2.45) is 11.5 Å². The van der Waals surface area contributed by atoms with E-state index in [0.29, 0.717) is 4.34 Å². The molecule has 0 saturated carbocycles. The summed E-state index contributed by atoms with van der Waals surface area (Å²) in [5, 5.41) is 0. The van der Waals surface area contributed by atoms with Crippen molar-refractivity contribution in [1.29, 1.82) is 0 Å². The number of carbonyl (C=O) groups excluding carboxylic acids is 1. The SMILES string of the molecule is NC(=O)COCC(N)c1ccc(Cl)s1. The van der Waals surface area contributed by atoms with Crippen molar-refractivity contribution in [3.63, 3.8) is 0 Å². The van der Waals surface area contributed by atoms with Crippen LogP contribution in [0.2, 0.25) is 4.34 Å². The number of ether oxygens (including phenoxy) is 1. The maximum atomic E-state index is 10.4. The standard InChI is InChI=1S/C8H11ClN2O2S/c9-7-2-1-6(14-7)5(10)3-13-4-8(11)12/h1-2,5H,3-4,10H2,(H2,11,12). The Balaban J connectivity index is 2.35. The third-order valence-corrected chi connectivity index (χ3v) is 2.86. The summed E-state index contributed by atoms with van der Waals surface area (Å²) in [4.78, 5) is 11.3. The number of hydrogen-bond donors (Lipinski definition) is 2. The Bertz CT molecular complexity index is 316. The minimum atomic E-state index is -0.499. The molecule has 0 saturated heterocycles. The zero-order chi connectivity index (χ0) is 10.6. The van der Waals surface area contributed by atoms with Crippen molar-refractivity contribution in [2.75, 3.05) is 13.2 Å². The molecule has 0 fully saturated rings. The highest BCUT2D eigenvalue weighted by molar-refractivity contribution is 7.16. The highest BCUT2D eigenvalue weighted by Crippen LogP contribution is 2.25. The smallest absolute Gasteiger partial charge is 0.243 e. The van der Waals surface area contributed by atoms with Gasteiger partial charge in [0.2, 0.25) is 5.91 Å². The molecule has 0 aliphatic rings. The Morgan fingerprint density at radius 3 is 2.86 bits per heavy atom. The zero-order valence-electron chi connectivity index (χ0n) is 7.40. The van der Waals surface area contributed by atoms with Crippen LogP contribution in [0.15, 0.2) is 12.1 Å². The Kier molecular flexibility index (Phi) is 4.34. The Hall–Kier alpha value is -0.620. The number of primary amides is 1. The molecule has 0 aliphatic heterocycles. The lowest BCUT2D eigenvalue weighted by atomic mass is 10.3. The van der Waals surface area contributed by atoms with Crippen LogP contribution in [-0.4, -0.2) is 19.1 Å². The van der Waals surface area contributed by atoms with Gasteiger partial charge in [-0.2, -0.15) is 0 Å². The fraction of sp³-hybridized carbons (Fsp3) is 0.375. The molecule has 1 rings (SSSR count). The number of hydrogen-bond acceptors (Lipinski definition) is 4. The Morgan fingerprint density at radius 1 is 1.64 bits per heavy atom. The quantitative estimate of drug-likeness (QED) is 0.795. The molecule has 4 N–H and O–H groups in total. The van der Waals surface area contributed by atoms with Crippen LogP contribution in [0.4, 0.5) is 0 Å². The van der Waals surface area contributed by atoms with Gasteiger partial charge in [-0.1, -0.05) is 11.6 Å². The van der Waals surface area contributed by atoms with E-state index in [1.54, 1.807) is 6.07 Å². The molecule has 0 aromatic carbocycles. The summed E-state index contributed by atoms with van der Waals surface area (Å²) in [6, 6.07) is 3.35. The minimum absolute atomic E-state index is 0.104. The van der Waals surface area contributed by atoms with Crippen molar-refractivity contribution in [2.45, 2.75) is 6.04 Å². The molecule has 0 aliphatic carbocycles. The normalized spacial score (nSPS) is 12.7. The maximum Gasteiger partial charge on any atom is 0.243 e. The number of rotatable bonds is 5. The van der Waals surface area contributed by atoms with Crippen LogP contribution in [0.1, 0.15) is 10.9 Å². The molecule has 1 aromatic rings. The van der Waals surface area contributed by atoms with Crippen molar-refractivity contribution in [3.8, 4) is 0 Å². The van der Waals surface area contributed by atoms with Crippen LogP contribution < -0.4 is 11.5 Å². The molecule has 0 bridgehead atoms. The maximum absolute atomic E-state index is 10.4. The van der Waals surface area contributed by atoms with E-state index in [9.17, 15) is 4.79 Å². The van der Waals surface area contributed by atoms with Crippen LogP contribution in [0.5, 0.6) is 0 Å². The van der Waals surface area contributed by atoms with Gasteiger partial charge in [-0.25, -0.2) is 0 Å². The van der Waals surface area contributed by atoms with Gasteiger partial charge in [0.05, 0.1) is 17.0 Å². The summed E-state index contributed by atoms with van der Waals surface area (Å²) >= 11 is 7.14. The lowest BCUT2D eigenvalue weighted by Crippen LogP contribution is -2.22. The lowest BCUT2D eigenvalue weighted by molar-refractivity contribution is -0.122. The van der Waals surface area contributed by atoms with E-state index in [1.165, 1.54) is 11.3 Å². The lowest BCUT2D eigenvalue weighted by Gasteiger charge is -2.08. The number of thiophene rings is 1. The average molecular weight is 235 g/mol. The topological polar surface area (TPSA) is 78.3 Å². The first-order valence-corrected chi connectivity index (χ1v) is 5.16. The van der Waals surface area contributed by atoms with Gasteiger partial charge in [0.25, 0.3) is 0 Å². The summed E-state index contributed by atoms with van der Waals surface area (Å²) in [7, 11) is 0. The molecule has 1 aromatic heterocycles. The summed E-state index contributed by atoms with van der Waals surface area (Å²) in [5.41, 5.74) is 10.7. The summed E-state index contributed by atoms with van der Waals surface area (Å²) < 4.78 is 5.67. The third kappa shape index (κ3) is 3.63. The molecule has 78 valence electrons. The fourth-order valence-corrected chi connectivity index (χ4v) is 1.94. The van der Waals surface area contributed by atoms with E-state index in [-0.39, 0.29) is 19.3 Å². The van der Waals surface area contributed by atoms with Crippen LogP contribution in [0.3, 0.4) is 0 Å². The first-order chi connectivity index (χ1) is 6.59. The predicted molar refractivity (Wildman–Crippen MR) is 56.3 cm³/mol. The number of amides is 1. The summed E-state index contributed by atoms with van der Waals surface area (Å²) in [6.07, 6.45) is 0. The molecule has 0 radical (unpaired) electrons. The fourth-order valence-electron chi connectivity index (χ4n) is 0.896. The first kappa shape index (κ1) is 11.5. The Labute approximate surface area is 90.8 Å². The van der Waals surface area contributed by atoms with Crippen LogP contribution >= 0.6 is 22.9 Å².